The first-order valence-corrected chi connectivity index (χ1v) is 19.6. The molecule has 8 aromatic rings. The summed E-state index contributed by atoms with van der Waals surface area (Å²) in [4.78, 5) is 2.60. The highest BCUT2D eigenvalue weighted by molar-refractivity contribution is 6.19. The molecular formula is C50H36N4O. The quantitative estimate of drug-likeness (QED) is 0.192. The van der Waals surface area contributed by atoms with Gasteiger partial charge in [-0.2, -0.15) is 0 Å². The molecule has 262 valence electrons. The van der Waals surface area contributed by atoms with Crippen molar-refractivity contribution in [1.29, 1.82) is 0 Å². The van der Waals surface area contributed by atoms with E-state index in [1.165, 1.54) is 83.4 Å². The van der Waals surface area contributed by atoms with E-state index in [-0.39, 0.29) is 24.2 Å². The summed E-state index contributed by atoms with van der Waals surface area (Å²) in [5, 5.41) is 13.3. The van der Waals surface area contributed by atoms with Gasteiger partial charge < -0.3 is 19.2 Å². The molecule has 4 heterocycles. The number of aromatic nitrogens is 1. The lowest BCUT2D eigenvalue weighted by Gasteiger charge is -2.43. The third kappa shape index (κ3) is 3.95. The van der Waals surface area contributed by atoms with Crippen LogP contribution in [0.15, 0.2) is 179 Å². The average Bonchev–Trinajstić information content (AvgIpc) is 3.91. The molecule has 0 radical (unpaired) electrons. The van der Waals surface area contributed by atoms with Gasteiger partial charge in [-0.1, -0.05) is 109 Å². The molecule has 0 saturated carbocycles. The van der Waals surface area contributed by atoms with E-state index in [2.05, 4.69) is 178 Å². The van der Waals surface area contributed by atoms with Crippen LogP contribution in [0.3, 0.4) is 0 Å². The van der Waals surface area contributed by atoms with E-state index < -0.39 is 0 Å². The van der Waals surface area contributed by atoms with E-state index >= 15 is 0 Å². The summed E-state index contributed by atoms with van der Waals surface area (Å²) in [5.41, 5.74) is 17.4. The predicted octanol–water partition coefficient (Wildman–Crippen LogP) is 11.6. The van der Waals surface area contributed by atoms with Crippen molar-refractivity contribution in [1.82, 2.24) is 15.2 Å². The lowest BCUT2D eigenvalue weighted by atomic mass is 9.73. The number of nitrogens with zero attached hydrogens (tertiary/aromatic N) is 2. The zero-order valence-electron chi connectivity index (χ0n) is 30.0. The summed E-state index contributed by atoms with van der Waals surface area (Å²) in [7, 11) is 0. The van der Waals surface area contributed by atoms with E-state index in [1.807, 2.05) is 0 Å². The fourth-order valence-corrected chi connectivity index (χ4v) is 10.7. The third-order valence-electron chi connectivity index (χ3n) is 12.9. The Morgan fingerprint density at radius 2 is 1.47 bits per heavy atom. The summed E-state index contributed by atoms with van der Waals surface area (Å²) in [6.07, 6.45) is 13.6. The van der Waals surface area contributed by atoms with Crippen LogP contribution in [0, 0.1) is 0 Å². The maximum absolute atomic E-state index is 6.42. The van der Waals surface area contributed by atoms with Gasteiger partial charge in [-0.05, 0) is 94.8 Å². The highest BCUT2D eigenvalue weighted by Crippen LogP contribution is 2.60. The van der Waals surface area contributed by atoms with Crippen LogP contribution in [0.4, 0.5) is 5.69 Å². The zero-order chi connectivity index (χ0) is 35.8. The van der Waals surface area contributed by atoms with Crippen LogP contribution in [0.1, 0.15) is 47.4 Å². The van der Waals surface area contributed by atoms with Crippen LogP contribution in [0.2, 0.25) is 0 Å². The lowest BCUT2D eigenvalue weighted by molar-refractivity contribution is 0.382. The monoisotopic (exact) mass is 708 g/mol. The highest BCUT2D eigenvalue weighted by atomic mass is 16.3. The molecule has 6 aromatic carbocycles. The molecular weight excluding hydrogens is 673 g/mol. The van der Waals surface area contributed by atoms with Crippen molar-refractivity contribution in [3.8, 4) is 16.8 Å². The smallest absolute Gasteiger partial charge is 0.160 e. The van der Waals surface area contributed by atoms with Gasteiger partial charge in [-0.25, -0.2) is 0 Å². The Hall–Kier alpha value is -6.56. The summed E-state index contributed by atoms with van der Waals surface area (Å²) in [6.45, 7) is 0. The molecule has 5 aliphatic rings. The number of benzene rings is 6. The van der Waals surface area contributed by atoms with Crippen molar-refractivity contribution in [2.45, 2.75) is 37.0 Å². The first-order chi connectivity index (χ1) is 27.3. The number of hydrogen-bond donors (Lipinski definition) is 2. The molecule has 3 aliphatic carbocycles. The first kappa shape index (κ1) is 29.8. The van der Waals surface area contributed by atoms with Gasteiger partial charge in [0.05, 0.1) is 17.1 Å². The number of rotatable bonds is 3. The van der Waals surface area contributed by atoms with Crippen molar-refractivity contribution in [2.75, 3.05) is 4.90 Å². The Balaban J connectivity index is 1.07. The minimum absolute atomic E-state index is 0.0349. The molecule has 4 unspecified atom stereocenters. The molecule has 0 spiro atoms. The number of hydrogen-bond acceptors (Lipinski definition) is 4. The largest absolute Gasteiger partial charge is 0.456 e. The standard InChI is InChI=1S/C50H36N4O/c1-2-13-29(14-3-1)53-38-23-10-19-32-30-15-4-5-16-31(30)33-20-11-24-39-46(33)48-41(28-27-40(53)47(48)45(32)38)54(39)50-51-37-22-8-6-17-34(37)49(52-50)36-21-12-26-43-44(36)35-18-7-9-25-42(35)55-43/h1-7,9-21,23-28,33,46,49-52H,8,22H2. The average molecular weight is 709 g/mol. The van der Waals surface area contributed by atoms with Gasteiger partial charge in [0, 0.05) is 56.1 Å². The molecule has 4 atom stereocenters. The molecule has 2 aliphatic heterocycles. The second kappa shape index (κ2) is 11.0. The minimum atomic E-state index is -0.179. The van der Waals surface area contributed by atoms with E-state index in [0.29, 0.717) is 0 Å². The molecule has 55 heavy (non-hydrogen) atoms. The highest BCUT2D eigenvalue weighted by Gasteiger charge is 2.47. The van der Waals surface area contributed by atoms with Crippen molar-refractivity contribution < 1.29 is 4.42 Å². The van der Waals surface area contributed by atoms with Gasteiger partial charge in [0.15, 0.2) is 6.29 Å². The Kier molecular flexibility index (Phi) is 5.97. The Morgan fingerprint density at radius 3 is 2.44 bits per heavy atom. The number of fused-ring (bicyclic) bond motifs is 6. The van der Waals surface area contributed by atoms with Gasteiger partial charge in [-0.15, -0.1) is 0 Å². The van der Waals surface area contributed by atoms with Crippen molar-refractivity contribution in [3.63, 3.8) is 0 Å². The van der Waals surface area contributed by atoms with Crippen LogP contribution >= 0.6 is 0 Å². The van der Waals surface area contributed by atoms with Gasteiger partial charge in [-0.3, -0.25) is 5.32 Å². The lowest BCUT2D eigenvalue weighted by Crippen LogP contribution is -2.58. The molecule has 5 heteroatoms. The number of anilines is 1. The normalized spacial score (nSPS) is 22.0. The maximum Gasteiger partial charge on any atom is 0.160 e. The molecule has 0 bridgehead atoms. The van der Waals surface area contributed by atoms with E-state index in [1.54, 1.807) is 0 Å². The van der Waals surface area contributed by atoms with Crippen LogP contribution in [-0.2, 0) is 0 Å². The molecule has 2 aromatic heterocycles. The predicted molar refractivity (Wildman–Crippen MR) is 223 cm³/mol. The molecule has 2 N–H and O–H groups in total. The molecule has 0 saturated heterocycles. The van der Waals surface area contributed by atoms with Crippen molar-refractivity contribution in [2.24, 2.45) is 0 Å². The summed E-state index contributed by atoms with van der Waals surface area (Å²) >= 11 is 0. The van der Waals surface area contributed by atoms with Crippen LogP contribution in [-0.4, -0.2) is 10.9 Å². The number of para-hydroxylation sites is 2. The summed E-state index contributed by atoms with van der Waals surface area (Å²) < 4.78 is 8.91. The fourth-order valence-electron chi connectivity index (χ4n) is 10.7. The topological polar surface area (TPSA) is 45.4 Å². The van der Waals surface area contributed by atoms with Crippen molar-refractivity contribution in [3.05, 3.63) is 191 Å². The number of furan rings is 1. The Bertz CT molecular complexity index is 3080. The second-order valence-corrected chi connectivity index (χ2v) is 15.5. The third-order valence-corrected chi connectivity index (χ3v) is 12.9. The van der Waals surface area contributed by atoms with Gasteiger partial charge in [0.25, 0.3) is 0 Å². The Labute approximate surface area is 318 Å². The van der Waals surface area contributed by atoms with Crippen molar-refractivity contribution >= 4 is 49.4 Å². The van der Waals surface area contributed by atoms with Crippen LogP contribution < -0.4 is 15.5 Å². The second-order valence-electron chi connectivity index (χ2n) is 15.5. The SMILES string of the molecule is C1=CC2c3ccccc3-c3cccc4c3c3c5c(ccc3n4-c3ccccc3)N(C3NC4=C(C=CCC4)C(c4cccc6oc7ccccc7c46)N3)C(=C1)C52. The maximum atomic E-state index is 6.42. The van der Waals surface area contributed by atoms with Crippen LogP contribution in [0.25, 0.3) is 60.6 Å². The van der Waals surface area contributed by atoms with Gasteiger partial charge in [0.2, 0.25) is 0 Å². The molecule has 0 amide bonds. The fraction of sp³-hybridized carbons (Fsp3) is 0.120. The summed E-state index contributed by atoms with van der Waals surface area (Å²) in [5.74, 6) is 0.338. The van der Waals surface area contributed by atoms with E-state index in [4.69, 9.17) is 4.42 Å². The van der Waals surface area contributed by atoms with Crippen LogP contribution in [0.5, 0.6) is 0 Å². The summed E-state index contributed by atoms with van der Waals surface area (Å²) in [6, 6.07) is 46.6. The minimum Gasteiger partial charge on any atom is -0.456 e. The number of nitrogens with one attached hydrogen (secondary N) is 2. The molecule has 0 fully saturated rings. The number of allylic oxidation sites excluding steroid dienone is 6. The van der Waals surface area contributed by atoms with Gasteiger partial charge >= 0.3 is 0 Å². The van der Waals surface area contributed by atoms with E-state index in [0.717, 1.165) is 29.4 Å². The van der Waals surface area contributed by atoms with Gasteiger partial charge in [0.1, 0.15) is 11.2 Å². The zero-order valence-corrected chi connectivity index (χ0v) is 30.0. The molecule has 5 nitrogen and oxygen atoms in total. The van der Waals surface area contributed by atoms with E-state index in [9.17, 15) is 0 Å². The molecule has 13 rings (SSSR count). The first-order valence-electron chi connectivity index (χ1n) is 19.6. The Morgan fingerprint density at radius 1 is 0.673 bits per heavy atom.